The van der Waals surface area contributed by atoms with Gasteiger partial charge in [0, 0.05) is 11.9 Å². The Bertz CT molecular complexity index is 430. The maximum Gasteiger partial charge on any atom is 0.237 e. The second-order valence-electron chi connectivity index (χ2n) is 4.49. The Balaban J connectivity index is 2.66. The Hall–Kier alpha value is -1.63. The minimum atomic E-state index is -0.512. The van der Waals surface area contributed by atoms with Crippen LogP contribution in [0, 0.1) is 5.92 Å². The average Bonchev–Trinajstić information content (AvgIpc) is 2.61. The van der Waals surface area contributed by atoms with E-state index < -0.39 is 5.91 Å². The van der Waals surface area contributed by atoms with Gasteiger partial charge in [-0.3, -0.25) is 9.59 Å². The molecule has 1 heterocycles. The molecule has 1 aromatic heterocycles. The molecule has 7 heteroatoms. The van der Waals surface area contributed by atoms with Crippen molar-refractivity contribution in [3.8, 4) is 0 Å². The van der Waals surface area contributed by atoms with Crippen LogP contribution in [0.25, 0.3) is 0 Å². The van der Waals surface area contributed by atoms with Crippen LogP contribution in [-0.2, 0) is 16.0 Å². The number of hydrogen-bond donors (Lipinski definition) is 2. The van der Waals surface area contributed by atoms with Gasteiger partial charge in [0.05, 0.1) is 18.7 Å². The summed E-state index contributed by atoms with van der Waals surface area (Å²) in [5, 5.41) is 2.17. The van der Waals surface area contributed by atoms with E-state index >= 15 is 0 Å². The zero-order valence-electron chi connectivity index (χ0n) is 10.5. The summed E-state index contributed by atoms with van der Waals surface area (Å²) >= 11 is 1.29. The van der Waals surface area contributed by atoms with Gasteiger partial charge in [-0.25, -0.2) is 4.98 Å². The Morgan fingerprint density at radius 1 is 1.50 bits per heavy atom. The smallest absolute Gasteiger partial charge is 0.237 e. The van der Waals surface area contributed by atoms with E-state index in [1.807, 2.05) is 13.8 Å². The van der Waals surface area contributed by atoms with Gasteiger partial charge in [-0.05, 0) is 5.92 Å². The zero-order valence-corrected chi connectivity index (χ0v) is 11.4. The quantitative estimate of drug-likeness (QED) is 0.772. The van der Waals surface area contributed by atoms with Crippen LogP contribution in [0.1, 0.15) is 19.5 Å². The van der Waals surface area contributed by atoms with Gasteiger partial charge in [0.2, 0.25) is 11.8 Å². The van der Waals surface area contributed by atoms with Gasteiger partial charge in [0.1, 0.15) is 0 Å². The number of rotatable bonds is 6. The summed E-state index contributed by atoms with van der Waals surface area (Å²) in [6.07, 6.45) is 0.147. The van der Waals surface area contributed by atoms with Crippen LogP contribution in [0.2, 0.25) is 0 Å². The normalized spacial score (nSPS) is 10.6. The number of nitrogens with zero attached hydrogens (tertiary/aromatic N) is 2. The van der Waals surface area contributed by atoms with Gasteiger partial charge in [0.15, 0.2) is 5.13 Å². The van der Waals surface area contributed by atoms with Gasteiger partial charge in [-0.1, -0.05) is 13.8 Å². The summed E-state index contributed by atoms with van der Waals surface area (Å²) in [4.78, 5) is 28.5. The van der Waals surface area contributed by atoms with Gasteiger partial charge in [-0.15, -0.1) is 11.3 Å². The fraction of sp³-hybridized carbons (Fsp3) is 0.545. The van der Waals surface area contributed by atoms with E-state index in [4.69, 9.17) is 11.5 Å². The van der Waals surface area contributed by atoms with Gasteiger partial charge in [0.25, 0.3) is 0 Å². The zero-order chi connectivity index (χ0) is 13.7. The third kappa shape index (κ3) is 4.70. The highest BCUT2D eigenvalue weighted by Crippen LogP contribution is 2.12. The number of hydrogen-bond acceptors (Lipinski definition) is 5. The Labute approximate surface area is 110 Å². The maximum absolute atomic E-state index is 12.0. The van der Waals surface area contributed by atoms with E-state index in [0.717, 1.165) is 0 Å². The monoisotopic (exact) mass is 270 g/mol. The standard InChI is InChI=1S/C11H18N4O2S/c1-7(2)4-15(5-9(12)16)10(17)3-8-6-18-11(13)14-8/h6-7H,3-5H2,1-2H3,(H2,12,16)(H2,13,14). The topological polar surface area (TPSA) is 102 Å². The number of carbonyl (C=O) groups is 2. The van der Waals surface area contributed by atoms with Gasteiger partial charge >= 0.3 is 0 Å². The molecule has 1 rings (SSSR count). The van der Waals surface area contributed by atoms with Crippen LogP contribution in [0.15, 0.2) is 5.38 Å². The molecule has 0 aliphatic heterocycles. The molecule has 6 nitrogen and oxygen atoms in total. The van der Waals surface area contributed by atoms with Crippen molar-refractivity contribution < 1.29 is 9.59 Å². The number of aromatic nitrogens is 1. The number of carbonyl (C=O) groups excluding carboxylic acids is 2. The molecule has 0 aliphatic rings. The van der Waals surface area contributed by atoms with Crippen LogP contribution in [0.5, 0.6) is 0 Å². The van der Waals surface area contributed by atoms with Crippen molar-refractivity contribution in [1.82, 2.24) is 9.88 Å². The van der Waals surface area contributed by atoms with Crippen LogP contribution >= 0.6 is 11.3 Å². The lowest BCUT2D eigenvalue weighted by atomic mass is 10.2. The molecule has 0 radical (unpaired) electrons. The van der Waals surface area contributed by atoms with E-state index in [0.29, 0.717) is 17.4 Å². The molecule has 1 aromatic rings. The summed E-state index contributed by atoms with van der Waals surface area (Å²) in [7, 11) is 0. The lowest BCUT2D eigenvalue weighted by molar-refractivity contribution is -0.135. The summed E-state index contributed by atoms with van der Waals surface area (Å²) in [5.41, 5.74) is 11.3. The average molecular weight is 270 g/mol. The third-order valence-corrected chi connectivity index (χ3v) is 2.91. The predicted octanol–water partition coefficient (Wildman–Crippen LogP) is 0.238. The molecule has 4 N–H and O–H groups in total. The first kappa shape index (κ1) is 14.4. The first-order chi connectivity index (χ1) is 8.38. The molecule has 0 spiro atoms. The van der Waals surface area contributed by atoms with E-state index in [-0.39, 0.29) is 24.8 Å². The SMILES string of the molecule is CC(C)CN(CC(N)=O)C(=O)Cc1csc(N)n1. The van der Waals surface area contributed by atoms with Crippen LogP contribution in [0.4, 0.5) is 5.13 Å². The summed E-state index contributed by atoms with van der Waals surface area (Å²) in [5.74, 6) is -0.400. The minimum absolute atomic E-state index is 0.0589. The lowest BCUT2D eigenvalue weighted by Gasteiger charge is -2.22. The van der Waals surface area contributed by atoms with Crippen molar-refractivity contribution in [2.75, 3.05) is 18.8 Å². The van der Waals surface area contributed by atoms with Crippen LogP contribution in [-0.4, -0.2) is 34.8 Å². The highest BCUT2D eigenvalue weighted by Gasteiger charge is 2.18. The highest BCUT2D eigenvalue weighted by molar-refractivity contribution is 7.13. The molecule has 0 saturated carbocycles. The second kappa shape index (κ2) is 6.34. The molecular weight excluding hydrogens is 252 g/mol. The summed E-state index contributed by atoms with van der Waals surface area (Å²) < 4.78 is 0. The van der Waals surface area contributed by atoms with E-state index in [1.54, 1.807) is 5.38 Å². The third-order valence-electron chi connectivity index (χ3n) is 2.19. The summed E-state index contributed by atoms with van der Waals surface area (Å²) in [6.45, 7) is 4.39. The number of thiazole rings is 1. The Morgan fingerprint density at radius 3 is 2.61 bits per heavy atom. The van der Waals surface area contributed by atoms with Gasteiger partial charge < -0.3 is 16.4 Å². The second-order valence-corrected chi connectivity index (χ2v) is 5.38. The van der Waals surface area contributed by atoms with E-state index in [1.165, 1.54) is 16.2 Å². The Morgan fingerprint density at radius 2 is 2.17 bits per heavy atom. The lowest BCUT2D eigenvalue weighted by Crippen LogP contribution is -2.41. The van der Waals surface area contributed by atoms with Crippen molar-refractivity contribution in [3.05, 3.63) is 11.1 Å². The van der Waals surface area contributed by atoms with Crippen molar-refractivity contribution in [3.63, 3.8) is 0 Å². The minimum Gasteiger partial charge on any atom is -0.375 e. The van der Waals surface area contributed by atoms with Crippen molar-refractivity contribution >= 4 is 28.3 Å². The molecule has 0 atom stereocenters. The molecule has 0 aromatic carbocycles. The molecule has 0 saturated heterocycles. The molecule has 100 valence electrons. The number of nitrogen functional groups attached to an aromatic ring is 1. The first-order valence-electron chi connectivity index (χ1n) is 5.64. The molecule has 0 bridgehead atoms. The molecular formula is C11H18N4O2S. The Kier molecular flexibility index (Phi) is 5.08. The number of nitrogens with two attached hydrogens (primary N) is 2. The molecule has 18 heavy (non-hydrogen) atoms. The van der Waals surface area contributed by atoms with Crippen LogP contribution in [0.3, 0.4) is 0 Å². The summed E-state index contributed by atoms with van der Waals surface area (Å²) in [6, 6.07) is 0. The molecule has 0 unspecified atom stereocenters. The maximum atomic E-state index is 12.0. The van der Waals surface area contributed by atoms with Crippen LogP contribution < -0.4 is 11.5 Å². The fourth-order valence-electron chi connectivity index (χ4n) is 1.55. The van der Waals surface area contributed by atoms with Gasteiger partial charge in [-0.2, -0.15) is 0 Å². The van der Waals surface area contributed by atoms with Crippen molar-refractivity contribution in [2.45, 2.75) is 20.3 Å². The number of primary amides is 1. The molecule has 2 amide bonds. The molecule has 0 fully saturated rings. The molecule has 0 aliphatic carbocycles. The number of anilines is 1. The van der Waals surface area contributed by atoms with E-state index in [2.05, 4.69) is 4.98 Å². The fourth-order valence-corrected chi connectivity index (χ4v) is 2.12. The largest absolute Gasteiger partial charge is 0.375 e. The number of amides is 2. The van der Waals surface area contributed by atoms with Crippen molar-refractivity contribution in [2.24, 2.45) is 11.7 Å². The first-order valence-corrected chi connectivity index (χ1v) is 6.52. The van der Waals surface area contributed by atoms with E-state index in [9.17, 15) is 9.59 Å². The predicted molar refractivity (Wildman–Crippen MR) is 70.8 cm³/mol. The highest BCUT2D eigenvalue weighted by atomic mass is 32.1. The van der Waals surface area contributed by atoms with Crippen molar-refractivity contribution in [1.29, 1.82) is 0 Å².